The van der Waals surface area contributed by atoms with Gasteiger partial charge in [-0.05, 0) is 24.3 Å². The Morgan fingerprint density at radius 1 is 1.36 bits per heavy atom. The van der Waals surface area contributed by atoms with Crippen molar-refractivity contribution in [1.29, 1.82) is 0 Å². The Balaban J connectivity index is 2.10. The summed E-state index contributed by atoms with van der Waals surface area (Å²) in [5.74, 6) is 2.58. The zero-order chi connectivity index (χ0) is 10.2. The first-order chi connectivity index (χ1) is 6.86. The highest BCUT2D eigenvalue weighted by Crippen LogP contribution is 2.16. The van der Waals surface area contributed by atoms with Crippen LogP contribution in [0.25, 0.3) is 0 Å². The van der Waals surface area contributed by atoms with Crippen LogP contribution in [0.3, 0.4) is 0 Å². The van der Waals surface area contributed by atoms with Crippen molar-refractivity contribution < 1.29 is 9.47 Å². The molecule has 0 saturated carbocycles. The van der Waals surface area contributed by atoms with Gasteiger partial charge in [-0.2, -0.15) is 11.8 Å². The molecule has 1 rings (SSSR count). The van der Waals surface area contributed by atoms with Crippen LogP contribution in [0.15, 0.2) is 0 Å². The zero-order valence-corrected chi connectivity index (χ0v) is 9.94. The van der Waals surface area contributed by atoms with Crippen LogP contribution >= 0.6 is 11.8 Å². The summed E-state index contributed by atoms with van der Waals surface area (Å²) in [7, 11) is 3.45. The first-order valence-corrected chi connectivity index (χ1v) is 6.35. The van der Waals surface area contributed by atoms with Gasteiger partial charge in [-0.15, -0.1) is 0 Å². The first kappa shape index (κ1) is 12.3. The van der Waals surface area contributed by atoms with E-state index in [1.54, 1.807) is 14.2 Å². The molecule has 0 spiro atoms. The third kappa shape index (κ3) is 4.64. The summed E-state index contributed by atoms with van der Waals surface area (Å²) < 4.78 is 10.4. The summed E-state index contributed by atoms with van der Waals surface area (Å²) in [4.78, 5) is 0. The average molecular weight is 219 g/mol. The fourth-order valence-corrected chi connectivity index (χ4v) is 2.70. The molecule has 0 aliphatic carbocycles. The second-order valence-electron chi connectivity index (χ2n) is 3.61. The molecule has 1 unspecified atom stereocenters. The van der Waals surface area contributed by atoms with E-state index in [2.05, 4.69) is 17.1 Å². The molecule has 84 valence electrons. The summed E-state index contributed by atoms with van der Waals surface area (Å²) in [6.45, 7) is 1.57. The molecule has 14 heavy (non-hydrogen) atoms. The number of hydrogen-bond donors (Lipinski definition) is 1. The third-order valence-corrected chi connectivity index (χ3v) is 3.59. The molecule has 0 aromatic carbocycles. The Morgan fingerprint density at radius 3 is 2.64 bits per heavy atom. The highest BCUT2D eigenvalue weighted by molar-refractivity contribution is 7.99. The van der Waals surface area contributed by atoms with Gasteiger partial charge < -0.3 is 14.8 Å². The summed E-state index contributed by atoms with van der Waals surface area (Å²) in [5, 5.41) is 3.54. The molecule has 0 radical (unpaired) electrons. The van der Waals surface area contributed by atoms with Gasteiger partial charge >= 0.3 is 0 Å². The molecule has 1 N–H and O–H groups in total. The quantitative estimate of drug-likeness (QED) is 0.725. The summed E-state index contributed by atoms with van der Waals surface area (Å²) in [5.41, 5.74) is 0. The lowest BCUT2D eigenvalue weighted by molar-refractivity contribution is 0.0272. The van der Waals surface area contributed by atoms with Crippen LogP contribution in [-0.2, 0) is 9.47 Å². The van der Waals surface area contributed by atoms with Gasteiger partial charge in [0.2, 0.25) is 0 Å². The number of hydrogen-bond acceptors (Lipinski definition) is 4. The van der Waals surface area contributed by atoms with Crippen LogP contribution in [0.1, 0.15) is 12.8 Å². The van der Waals surface area contributed by atoms with E-state index in [1.165, 1.54) is 24.3 Å². The molecule has 0 aromatic rings. The fourth-order valence-electron chi connectivity index (χ4n) is 1.60. The van der Waals surface area contributed by atoms with Gasteiger partial charge in [-0.1, -0.05) is 0 Å². The van der Waals surface area contributed by atoms with Gasteiger partial charge in [0.15, 0.2) is 0 Å². The Hall–Kier alpha value is 0.230. The van der Waals surface area contributed by atoms with E-state index in [0.29, 0.717) is 12.6 Å². The molecule has 1 saturated heterocycles. The Kier molecular flexibility index (Phi) is 6.60. The van der Waals surface area contributed by atoms with Crippen LogP contribution in [0, 0.1) is 0 Å². The van der Waals surface area contributed by atoms with E-state index < -0.39 is 0 Å². The summed E-state index contributed by atoms with van der Waals surface area (Å²) >= 11 is 2.05. The molecule has 1 atom stereocenters. The van der Waals surface area contributed by atoms with Crippen LogP contribution in [0.2, 0.25) is 0 Å². The monoisotopic (exact) mass is 219 g/mol. The van der Waals surface area contributed by atoms with E-state index in [0.717, 1.165) is 6.54 Å². The summed E-state index contributed by atoms with van der Waals surface area (Å²) in [6.07, 6.45) is 2.76. The highest BCUT2D eigenvalue weighted by atomic mass is 32.2. The number of methoxy groups -OCH3 is 2. The number of ether oxygens (including phenoxy) is 2. The van der Waals surface area contributed by atoms with Crippen molar-refractivity contribution in [2.75, 3.05) is 38.9 Å². The Morgan fingerprint density at radius 2 is 2.07 bits per heavy atom. The van der Waals surface area contributed by atoms with Crippen molar-refractivity contribution in [2.45, 2.75) is 25.0 Å². The minimum Gasteiger partial charge on any atom is -0.382 e. The van der Waals surface area contributed by atoms with Crippen molar-refractivity contribution in [3.63, 3.8) is 0 Å². The van der Waals surface area contributed by atoms with E-state index >= 15 is 0 Å². The van der Waals surface area contributed by atoms with Crippen LogP contribution in [-0.4, -0.2) is 51.0 Å². The molecular weight excluding hydrogens is 198 g/mol. The normalized spacial score (nSPS) is 21.0. The zero-order valence-electron chi connectivity index (χ0n) is 9.12. The second kappa shape index (κ2) is 7.51. The fraction of sp³-hybridized carbons (Fsp3) is 1.00. The van der Waals surface area contributed by atoms with E-state index in [1.807, 2.05) is 0 Å². The number of nitrogens with one attached hydrogen (secondary N) is 1. The van der Waals surface area contributed by atoms with Gasteiger partial charge in [0.25, 0.3) is 0 Å². The van der Waals surface area contributed by atoms with Gasteiger partial charge in [0.1, 0.15) is 0 Å². The molecule has 1 fully saturated rings. The van der Waals surface area contributed by atoms with Crippen molar-refractivity contribution in [2.24, 2.45) is 0 Å². The van der Waals surface area contributed by atoms with Crippen molar-refractivity contribution >= 4 is 11.8 Å². The molecular formula is C10H21NO2S. The maximum Gasteiger partial charge on any atom is 0.0928 e. The van der Waals surface area contributed by atoms with E-state index in [-0.39, 0.29) is 6.10 Å². The van der Waals surface area contributed by atoms with Gasteiger partial charge in [0, 0.05) is 26.8 Å². The first-order valence-electron chi connectivity index (χ1n) is 5.19. The highest BCUT2D eigenvalue weighted by Gasteiger charge is 2.15. The average Bonchev–Trinajstić information content (AvgIpc) is 2.25. The minimum atomic E-state index is 0.189. The van der Waals surface area contributed by atoms with E-state index in [9.17, 15) is 0 Å². The maximum absolute atomic E-state index is 5.29. The Bertz CT molecular complexity index is 135. The van der Waals surface area contributed by atoms with Crippen LogP contribution in [0.4, 0.5) is 0 Å². The smallest absolute Gasteiger partial charge is 0.0928 e. The lowest BCUT2D eigenvalue weighted by Gasteiger charge is -2.24. The molecule has 1 aliphatic heterocycles. The molecule has 4 heteroatoms. The molecule has 3 nitrogen and oxygen atoms in total. The lowest BCUT2D eigenvalue weighted by Crippen LogP contribution is -2.40. The second-order valence-corrected chi connectivity index (χ2v) is 4.83. The summed E-state index contributed by atoms with van der Waals surface area (Å²) in [6, 6.07) is 0.686. The molecule has 0 amide bonds. The van der Waals surface area contributed by atoms with Gasteiger partial charge in [-0.3, -0.25) is 0 Å². The van der Waals surface area contributed by atoms with Crippen LogP contribution in [0.5, 0.6) is 0 Å². The predicted octanol–water partition coefficient (Wildman–Crippen LogP) is 1.13. The number of thioether (sulfide) groups is 1. The standard InChI is InChI=1S/C10H21NO2S/c1-12-8-10(13-2)7-11-9-3-5-14-6-4-9/h9-11H,3-8H2,1-2H3. The third-order valence-electron chi connectivity index (χ3n) is 2.54. The maximum atomic E-state index is 5.29. The topological polar surface area (TPSA) is 30.5 Å². The Labute approximate surface area is 90.9 Å². The molecule has 1 heterocycles. The van der Waals surface area contributed by atoms with Crippen LogP contribution < -0.4 is 5.32 Å². The largest absolute Gasteiger partial charge is 0.382 e. The van der Waals surface area contributed by atoms with Crippen molar-refractivity contribution in [1.82, 2.24) is 5.32 Å². The van der Waals surface area contributed by atoms with Gasteiger partial charge in [-0.25, -0.2) is 0 Å². The minimum absolute atomic E-state index is 0.189. The van der Waals surface area contributed by atoms with Crippen molar-refractivity contribution in [3.8, 4) is 0 Å². The SMILES string of the molecule is COCC(CNC1CCSCC1)OC. The van der Waals surface area contributed by atoms with Gasteiger partial charge in [0.05, 0.1) is 12.7 Å². The van der Waals surface area contributed by atoms with Crippen molar-refractivity contribution in [3.05, 3.63) is 0 Å². The molecule has 0 aromatic heterocycles. The molecule has 0 bridgehead atoms. The van der Waals surface area contributed by atoms with E-state index in [4.69, 9.17) is 9.47 Å². The lowest BCUT2D eigenvalue weighted by atomic mass is 10.1. The predicted molar refractivity (Wildman–Crippen MR) is 61.0 cm³/mol. The molecule has 1 aliphatic rings. The number of rotatable bonds is 6.